The molecular formula is C6H15O4P. The third-order valence-corrected chi connectivity index (χ3v) is 2.00. The van der Waals surface area contributed by atoms with Gasteiger partial charge in [-0.15, -0.1) is 0 Å². The molecule has 11 heavy (non-hydrogen) atoms. The van der Waals surface area contributed by atoms with Crippen LogP contribution in [0.25, 0.3) is 0 Å². The molecule has 5 heteroatoms. The first-order valence-electron chi connectivity index (χ1n) is 3.63. The van der Waals surface area contributed by atoms with Crippen LogP contribution in [-0.4, -0.2) is 17.6 Å². The molecule has 0 spiro atoms. The molecule has 0 aromatic rings. The second-order valence-corrected chi connectivity index (χ2v) is 3.86. The van der Waals surface area contributed by atoms with Gasteiger partial charge in [0.15, 0.2) is 0 Å². The van der Waals surface area contributed by atoms with Crippen LogP contribution in [0.5, 0.6) is 0 Å². The first-order valence-corrected chi connectivity index (χ1v) is 5.13. The Morgan fingerprint density at radius 2 is 2.09 bits per heavy atom. The van der Waals surface area contributed by atoms with Crippen LogP contribution in [0, 0.1) is 0 Å². The van der Waals surface area contributed by atoms with E-state index in [0.29, 0.717) is 6.42 Å². The lowest BCUT2D eigenvalue weighted by Crippen LogP contribution is -2.03. The summed E-state index contributed by atoms with van der Waals surface area (Å²) in [5, 5.41) is 0. The summed E-state index contributed by atoms with van der Waals surface area (Å²) in [4.78, 5) is 8.93. The molecule has 0 saturated carbocycles. The number of rotatable bonds is 5. The van der Waals surface area contributed by atoms with Crippen molar-refractivity contribution in [3.63, 3.8) is 0 Å². The average Bonchev–Trinajstić information content (AvgIpc) is 1.81. The number of hydrogen-bond donors (Lipinski definition) is 1. The molecule has 4 nitrogen and oxygen atoms in total. The van der Waals surface area contributed by atoms with Gasteiger partial charge in [0.2, 0.25) is 0 Å². The van der Waals surface area contributed by atoms with Crippen molar-refractivity contribution >= 4 is 7.82 Å². The van der Waals surface area contributed by atoms with E-state index in [4.69, 9.17) is 4.89 Å². The lowest BCUT2D eigenvalue weighted by Gasteiger charge is -2.13. The molecule has 0 radical (unpaired) electrons. The Kier molecular flexibility index (Phi) is 4.93. The van der Waals surface area contributed by atoms with Crippen LogP contribution < -0.4 is 0 Å². The van der Waals surface area contributed by atoms with Gasteiger partial charge in [0, 0.05) is 0 Å². The van der Waals surface area contributed by atoms with Crippen molar-refractivity contribution in [1.82, 2.24) is 0 Å². The van der Waals surface area contributed by atoms with Crippen molar-refractivity contribution in [3.05, 3.63) is 0 Å². The summed E-state index contributed by atoms with van der Waals surface area (Å²) in [5.41, 5.74) is 0. The van der Waals surface area contributed by atoms with E-state index in [0.717, 1.165) is 0 Å². The minimum atomic E-state index is -3.77. The normalized spacial score (nSPS) is 16.8. The smallest absolute Gasteiger partial charge is 0.302 e. The van der Waals surface area contributed by atoms with Crippen LogP contribution in [0.1, 0.15) is 27.2 Å². The van der Waals surface area contributed by atoms with Crippen LogP contribution >= 0.6 is 7.82 Å². The fourth-order valence-electron chi connectivity index (χ4n) is 0.503. The van der Waals surface area contributed by atoms with Crippen molar-refractivity contribution in [3.8, 4) is 0 Å². The molecule has 0 aliphatic carbocycles. The van der Waals surface area contributed by atoms with E-state index in [1.54, 1.807) is 13.8 Å². The van der Waals surface area contributed by atoms with E-state index in [-0.39, 0.29) is 12.7 Å². The highest BCUT2D eigenvalue weighted by atomic mass is 31.2. The second-order valence-electron chi connectivity index (χ2n) is 2.46. The molecule has 0 bridgehead atoms. The van der Waals surface area contributed by atoms with Crippen molar-refractivity contribution in [2.24, 2.45) is 0 Å². The summed E-state index contributed by atoms with van der Waals surface area (Å²) in [6.07, 6.45) is 0.411. The summed E-state index contributed by atoms with van der Waals surface area (Å²) >= 11 is 0. The second kappa shape index (κ2) is 4.88. The number of hydrogen-bond acceptors (Lipinski definition) is 3. The predicted molar refractivity (Wildman–Crippen MR) is 42.3 cm³/mol. The third-order valence-electron chi connectivity index (χ3n) is 0.803. The third kappa shape index (κ3) is 6.51. The number of phosphoric ester groups is 1. The standard InChI is InChI=1S/C6H15O4P/c1-4-5-9-11(7,8)10-6(2)3/h6H,4-5H2,1-3H3,(H,7,8). The molecule has 0 aromatic carbocycles. The fraction of sp³-hybridized carbons (Fsp3) is 1.00. The van der Waals surface area contributed by atoms with Gasteiger partial charge in [-0.1, -0.05) is 6.92 Å². The van der Waals surface area contributed by atoms with Crippen molar-refractivity contribution in [1.29, 1.82) is 0 Å². The van der Waals surface area contributed by atoms with Crippen LogP contribution in [0.4, 0.5) is 0 Å². The minimum Gasteiger partial charge on any atom is -0.302 e. The zero-order valence-electron chi connectivity index (χ0n) is 7.11. The van der Waals surface area contributed by atoms with Crippen LogP contribution in [0.15, 0.2) is 0 Å². The molecule has 0 fully saturated rings. The van der Waals surface area contributed by atoms with Gasteiger partial charge in [-0.3, -0.25) is 9.05 Å². The number of phosphoric acid groups is 1. The Hall–Kier alpha value is 0.110. The molecule has 1 atom stereocenters. The Morgan fingerprint density at radius 3 is 2.45 bits per heavy atom. The van der Waals surface area contributed by atoms with Crippen LogP contribution in [-0.2, 0) is 13.6 Å². The van der Waals surface area contributed by atoms with Gasteiger partial charge in [-0.05, 0) is 20.3 Å². The molecular weight excluding hydrogens is 167 g/mol. The van der Waals surface area contributed by atoms with E-state index < -0.39 is 7.82 Å². The van der Waals surface area contributed by atoms with Gasteiger partial charge < -0.3 is 4.89 Å². The quantitative estimate of drug-likeness (QED) is 0.660. The maximum Gasteiger partial charge on any atom is 0.472 e. The topological polar surface area (TPSA) is 55.8 Å². The zero-order chi connectivity index (χ0) is 8.91. The van der Waals surface area contributed by atoms with Gasteiger partial charge in [0.25, 0.3) is 0 Å². The van der Waals surface area contributed by atoms with Crippen molar-refractivity contribution < 1.29 is 18.5 Å². The maximum absolute atomic E-state index is 10.9. The van der Waals surface area contributed by atoms with Crippen molar-refractivity contribution in [2.45, 2.75) is 33.3 Å². The van der Waals surface area contributed by atoms with E-state index in [1.165, 1.54) is 0 Å². The molecule has 0 heterocycles. The lowest BCUT2D eigenvalue weighted by molar-refractivity contribution is 0.121. The SMILES string of the molecule is CCCOP(=O)(O)OC(C)C. The van der Waals surface area contributed by atoms with Gasteiger partial charge >= 0.3 is 7.82 Å². The molecule has 0 aromatic heterocycles. The highest BCUT2D eigenvalue weighted by molar-refractivity contribution is 7.47. The summed E-state index contributed by atoms with van der Waals surface area (Å²) in [7, 11) is -3.77. The molecule has 0 saturated heterocycles. The van der Waals surface area contributed by atoms with Gasteiger partial charge in [-0.2, -0.15) is 0 Å². The largest absolute Gasteiger partial charge is 0.472 e. The van der Waals surface area contributed by atoms with E-state index in [2.05, 4.69) is 9.05 Å². The van der Waals surface area contributed by atoms with Gasteiger partial charge in [0.05, 0.1) is 12.7 Å². The lowest BCUT2D eigenvalue weighted by atomic mass is 10.5. The Balaban J connectivity index is 3.71. The first kappa shape index (κ1) is 11.1. The van der Waals surface area contributed by atoms with Gasteiger partial charge in [-0.25, -0.2) is 4.57 Å². The molecule has 68 valence electrons. The Morgan fingerprint density at radius 1 is 1.55 bits per heavy atom. The van der Waals surface area contributed by atoms with E-state index in [9.17, 15) is 4.57 Å². The molecule has 1 unspecified atom stereocenters. The molecule has 0 rings (SSSR count). The zero-order valence-corrected chi connectivity index (χ0v) is 8.01. The molecule has 1 N–H and O–H groups in total. The monoisotopic (exact) mass is 182 g/mol. The minimum absolute atomic E-state index is 0.250. The highest BCUT2D eigenvalue weighted by Crippen LogP contribution is 2.44. The summed E-state index contributed by atoms with van der Waals surface area (Å²) in [6, 6.07) is 0. The first-order chi connectivity index (χ1) is 4.98. The van der Waals surface area contributed by atoms with Crippen LogP contribution in [0.2, 0.25) is 0 Å². The maximum atomic E-state index is 10.9. The summed E-state index contributed by atoms with van der Waals surface area (Å²) in [6.45, 7) is 5.46. The average molecular weight is 182 g/mol. The molecule has 0 amide bonds. The highest BCUT2D eigenvalue weighted by Gasteiger charge is 2.21. The Bertz CT molecular complexity index is 146. The summed E-state index contributed by atoms with van der Waals surface area (Å²) in [5.74, 6) is 0. The summed E-state index contributed by atoms with van der Waals surface area (Å²) < 4.78 is 20.1. The van der Waals surface area contributed by atoms with E-state index >= 15 is 0 Å². The van der Waals surface area contributed by atoms with Crippen molar-refractivity contribution in [2.75, 3.05) is 6.61 Å². The van der Waals surface area contributed by atoms with Gasteiger partial charge in [0.1, 0.15) is 0 Å². The molecule has 0 aliphatic heterocycles. The molecule has 0 aliphatic rings. The van der Waals surface area contributed by atoms with Crippen LogP contribution in [0.3, 0.4) is 0 Å². The predicted octanol–water partition coefficient (Wildman–Crippen LogP) is 1.94. The Labute approximate surface area is 67.1 Å². The fourth-order valence-corrected chi connectivity index (χ4v) is 1.51. The van der Waals surface area contributed by atoms with E-state index in [1.807, 2.05) is 6.92 Å².